The summed E-state index contributed by atoms with van der Waals surface area (Å²) < 4.78 is 14.0. The molecule has 12 rings (SSSR count). The SMILES string of the molecule is O=c1c2ccc(Br)cc2oc2cc(Br)ccc12.O=c1c2ccc(N(c3ccccc3)c3ccccc3)cc2oc2cc(N(c3ccccc3)c3ccccc3)ccc12.c1ccc(Cc2ccccc2)cc1. The number of para-hydroxylation sites is 4. The summed E-state index contributed by atoms with van der Waals surface area (Å²) in [5.41, 5.74) is 10.8. The van der Waals surface area contributed by atoms with Crippen LogP contribution in [0.5, 0.6) is 0 Å². The molecule has 344 valence electrons. The fraction of sp³-hybridized carbons (Fsp3) is 0.0159. The van der Waals surface area contributed by atoms with E-state index >= 15 is 0 Å². The number of hydrogen-bond acceptors (Lipinski definition) is 6. The molecule has 0 fully saturated rings. The quantitative estimate of drug-likeness (QED) is 0.141. The maximum atomic E-state index is 13.6. The van der Waals surface area contributed by atoms with E-state index in [9.17, 15) is 9.59 Å². The van der Waals surface area contributed by atoms with E-state index in [2.05, 4.69) is 151 Å². The Balaban J connectivity index is 0.000000157. The Morgan fingerprint density at radius 2 is 0.563 bits per heavy atom. The molecule has 0 bridgehead atoms. The van der Waals surface area contributed by atoms with E-state index in [1.165, 1.54) is 11.1 Å². The van der Waals surface area contributed by atoms with Gasteiger partial charge in [-0.05, 0) is 127 Å². The van der Waals surface area contributed by atoms with Crippen LogP contribution in [0.25, 0.3) is 43.9 Å². The van der Waals surface area contributed by atoms with Crippen LogP contribution in [0.3, 0.4) is 0 Å². The van der Waals surface area contributed by atoms with Gasteiger partial charge in [-0.15, -0.1) is 0 Å². The van der Waals surface area contributed by atoms with Crippen LogP contribution in [-0.2, 0) is 6.42 Å². The molecule has 0 saturated heterocycles. The first kappa shape index (κ1) is 46.4. The molecule has 0 atom stereocenters. The highest BCUT2D eigenvalue weighted by Gasteiger charge is 2.18. The summed E-state index contributed by atoms with van der Waals surface area (Å²) in [6, 6.07) is 84.2. The minimum atomic E-state index is -0.0451. The average molecular weight is 1050 g/mol. The molecule has 0 N–H and O–H groups in total. The predicted molar refractivity (Wildman–Crippen MR) is 300 cm³/mol. The topological polar surface area (TPSA) is 66.9 Å². The second kappa shape index (κ2) is 21.6. The molecule has 0 spiro atoms. The summed E-state index contributed by atoms with van der Waals surface area (Å²) in [6.45, 7) is 0. The zero-order valence-corrected chi connectivity index (χ0v) is 41.4. The lowest BCUT2D eigenvalue weighted by Gasteiger charge is -2.26. The molecule has 0 aliphatic carbocycles. The van der Waals surface area contributed by atoms with Crippen LogP contribution in [-0.4, -0.2) is 0 Å². The fourth-order valence-electron chi connectivity index (χ4n) is 8.54. The van der Waals surface area contributed by atoms with Crippen molar-refractivity contribution in [1.82, 2.24) is 0 Å². The molecule has 0 unspecified atom stereocenters. The largest absolute Gasteiger partial charge is 0.456 e. The van der Waals surface area contributed by atoms with Crippen molar-refractivity contribution in [3.63, 3.8) is 0 Å². The van der Waals surface area contributed by atoms with Crippen molar-refractivity contribution in [3.05, 3.63) is 295 Å². The molecule has 2 aromatic heterocycles. The zero-order chi connectivity index (χ0) is 48.5. The molecule has 8 heteroatoms. The van der Waals surface area contributed by atoms with Gasteiger partial charge in [0.05, 0.1) is 21.5 Å². The molecule has 0 radical (unpaired) electrons. The molecule has 71 heavy (non-hydrogen) atoms. The fourth-order valence-corrected chi connectivity index (χ4v) is 9.22. The van der Waals surface area contributed by atoms with E-state index in [1.807, 2.05) is 121 Å². The van der Waals surface area contributed by atoms with Gasteiger partial charge >= 0.3 is 0 Å². The zero-order valence-electron chi connectivity index (χ0n) is 38.2. The highest BCUT2D eigenvalue weighted by molar-refractivity contribution is 9.10. The highest BCUT2D eigenvalue weighted by Crippen LogP contribution is 2.38. The number of hydrogen-bond donors (Lipinski definition) is 0. The van der Waals surface area contributed by atoms with Gasteiger partial charge in [-0.25, -0.2) is 0 Å². The number of benzene rings is 10. The minimum absolute atomic E-state index is 0.00116. The van der Waals surface area contributed by atoms with Crippen LogP contribution in [0, 0.1) is 0 Å². The number of fused-ring (bicyclic) bond motifs is 4. The summed E-state index contributed by atoms with van der Waals surface area (Å²) in [6.07, 6.45) is 1.03. The van der Waals surface area contributed by atoms with Gasteiger partial charge in [-0.2, -0.15) is 0 Å². The Bertz CT molecular complexity index is 3530. The van der Waals surface area contributed by atoms with Gasteiger partial charge in [0.25, 0.3) is 0 Å². The van der Waals surface area contributed by atoms with Crippen LogP contribution in [0.15, 0.2) is 282 Å². The molecule has 0 saturated carbocycles. The van der Waals surface area contributed by atoms with Crippen LogP contribution in [0.4, 0.5) is 34.1 Å². The highest BCUT2D eigenvalue weighted by atomic mass is 79.9. The first-order valence-corrected chi connectivity index (χ1v) is 24.7. The minimum Gasteiger partial charge on any atom is -0.456 e. The lowest BCUT2D eigenvalue weighted by atomic mass is 10.1. The second-order valence-corrected chi connectivity index (χ2v) is 18.5. The van der Waals surface area contributed by atoms with E-state index in [0.717, 1.165) is 49.5 Å². The number of anilines is 6. The monoisotopic (exact) mass is 1050 g/mol. The van der Waals surface area contributed by atoms with Gasteiger partial charge in [-0.3, -0.25) is 9.59 Å². The van der Waals surface area contributed by atoms with E-state index in [0.29, 0.717) is 43.9 Å². The van der Waals surface area contributed by atoms with E-state index in [4.69, 9.17) is 8.83 Å². The molecule has 12 aromatic rings. The van der Waals surface area contributed by atoms with Gasteiger partial charge in [0.1, 0.15) is 22.3 Å². The van der Waals surface area contributed by atoms with Gasteiger partial charge in [0.15, 0.2) is 0 Å². The van der Waals surface area contributed by atoms with Crippen molar-refractivity contribution in [1.29, 1.82) is 0 Å². The summed E-state index contributed by atoms with van der Waals surface area (Å²) in [5, 5.41) is 2.31. The van der Waals surface area contributed by atoms with Gasteiger partial charge in [0.2, 0.25) is 10.9 Å². The standard InChI is InChI=1S/C37H26N2O2.C13H6Br2O2.C13H12/c40-37-33-23-21-31(38(27-13-5-1-6-14-27)28-15-7-2-8-16-28)25-35(33)41-36-26-32(22-24-34(36)37)39(29-17-9-3-10-18-29)30-19-11-4-12-20-30;14-7-1-3-9-11(5-7)17-12-6-8(15)2-4-10(12)13(9)16;1-3-7-12(8-4-1)11-13-9-5-2-6-10-13/h1-26H;1-6H;1-10H,11H2. The molecular formula is C63H44Br2N2O4. The Morgan fingerprint density at radius 1 is 0.296 bits per heavy atom. The molecule has 0 amide bonds. The van der Waals surface area contributed by atoms with E-state index in [1.54, 1.807) is 24.3 Å². The summed E-state index contributed by atoms with van der Waals surface area (Å²) in [5.74, 6) is 0. The van der Waals surface area contributed by atoms with Gasteiger partial charge < -0.3 is 18.6 Å². The van der Waals surface area contributed by atoms with Crippen molar-refractivity contribution in [2.24, 2.45) is 0 Å². The van der Waals surface area contributed by atoms with Crippen LogP contribution in [0.2, 0.25) is 0 Å². The number of nitrogens with zero attached hydrogens (tertiary/aromatic N) is 2. The van der Waals surface area contributed by atoms with Crippen molar-refractivity contribution in [2.75, 3.05) is 9.80 Å². The number of rotatable bonds is 8. The van der Waals surface area contributed by atoms with Crippen LogP contribution >= 0.6 is 31.9 Å². The van der Waals surface area contributed by atoms with Crippen LogP contribution < -0.4 is 20.7 Å². The van der Waals surface area contributed by atoms with Crippen LogP contribution in [0.1, 0.15) is 11.1 Å². The van der Waals surface area contributed by atoms with Crippen molar-refractivity contribution >= 4 is 110 Å². The third-order valence-electron chi connectivity index (χ3n) is 11.9. The first-order valence-electron chi connectivity index (χ1n) is 23.1. The summed E-state index contributed by atoms with van der Waals surface area (Å²) in [7, 11) is 0. The number of halogens is 2. The lowest BCUT2D eigenvalue weighted by Crippen LogP contribution is -2.11. The van der Waals surface area contributed by atoms with E-state index in [-0.39, 0.29) is 10.9 Å². The van der Waals surface area contributed by atoms with Crippen molar-refractivity contribution < 1.29 is 8.83 Å². The molecule has 0 aliphatic rings. The first-order chi connectivity index (χ1) is 34.9. The Morgan fingerprint density at radius 3 is 0.873 bits per heavy atom. The molecule has 2 heterocycles. The smallest absolute Gasteiger partial charge is 0.200 e. The maximum Gasteiger partial charge on any atom is 0.200 e. The van der Waals surface area contributed by atoms with Crippen molar-refractivity contribution in [3.8, 4) is 0 Å². The molecule has 10 aromatic carbocycles. The van der Waals surface area contributed by atoms with E-state index < -0.39 is 0 Å². The molecular weight excluding hydrogens is 1010 g/mol. The van der Waals surface area contributed by atoms with Gasteiger partial charge in [-0.1, -0.05) is 165 Å². The summed E-state index contributed by atoms with van der Waals surface area (Å²) >= 11 is 6.73. The molecule has 0 aliphatic heterocycles. The second-order valence-electron chi connectivity index (χ2n) is 16.7. The maximum absolute atomic E-state index is 13.6. The molecule has 6 nitrogen and oxygen atoms in total. The third-order valence-corrected chi connectivity index (χ3v) is 12.9. The third kappa shape index (κ3) is 10.6. The van der Waals surface area contributed by atoms with Gasteiger partial charge in [0, 0.05) is 55.2 Å². The Labute approximate surface area is 427 Å². The normalized spacial score (nSPS) is 10.8. The Hall–Kier alpha value is -8.30. The van der Waals surface area contributed by atoms with Crippen molar-refractivity contribution in [2.45, 2.75) is 6.42 Å². The summed E-state index contributed by atoms with van der Waals surface area (Å²) in [4.78, 5) is 30.2. The predicted octanol–water partition coefficient (Wildman–Crippen LogP) is 17.6. The average Bonchev–Trinajstić information content (AvgIpc) is 3.41. The lowest BCUT2D eigenvalue weighted by molar-refractivity contribution is 0.659. The Kier molecular flexibility index (Phi) is 14.1.